The van der Waals surface area contributed by atoms with Gasteiger partial charge in [0.15, 0.2) is 5.78 Å². The molecule has 0 spiro atoms. The standard InChI is InChI=1S/C15H13NO2S2/c1-18-12-5-2-11(3-6-12)4-7-14(17)13(10-16)15-19-8-9-20-15/h2-7H,8-9H2,1H3/b7-4+. The lowest BCUT2D eigenvalue weighted by Crippen LogP contribution is -1.97. The van der Waals surface area contributed by atoms with E-state index in [1.807, 2.05) is 30.3 Å². The van der Waals surface area contributed by atoms with E-state index < -0.39 is 0 Å². The van der Waals surface area contributed by atoms with Crippen LogP contribution in [0.2, 0.25) is 0 Å². The van der Waals surface area contributed by atoms with Crippen molar-refractivity contribution >= 4 is 35.4 Å². The molecule has 1 fully saturated rings. The Morgan fingerprint density at radius 2 is 1.95 bits per heavy atom. The number of carbonyl (C=O) groups excluding carboxylic acids is 1. The predicted molar refractivity (Wildman–Crippen MR) is 84.6 cm³/mol. The zero-order valence-corrected chi connectivity index (χ0v) is 12.6. The fraction of sp³-hybridized carbons (Fsp3) is 0.200. The van der Waals surface area contributed by atoms with Gasteiger partial charge < -0.3 is 4.74 Å². The van der Waals surface area contributed by atoms with E-state index in [4.69, 9.17) is 10.00 Å². The molecule has 102 valence electrons. The van der Waals surface area contributed by atoms with Gasteiger partial charge in [-0.15, -0.1) is 23.5 Å². The van der Waals surface area contributed by atoms with E-state index in [0.717, 1.165) is 27.1 Å². The van der Waals surface area contributed by atoms with Crippen LogP contribution < -0.4 is 4.74 Å². The van der Waals surface area contributed by atoms with Crippen molar-refractivity contribution in [2.24, 2.45) is 0 Å². The zero-order valence-electron chi connectivity index (χ0n) is 11.0. The molecular formula is C15H13NO2S2. The highest BCUT2D eigenvalue weighted by Crippen LogP contribution is 2.38. The van der Waals surface area contributed by atoms with Gasteiger partial charge in [0.2, 0.25) is 0 Å². The number of benzene rings is 1. The number of carbonyl (C=O) groups is 1. The van der Waals surface area contributed by atoms with Crippen molar-refractivity contribution in [1.29, 1.82) is 5.26 Å². The summed E-state index contributed by atoms with van der Waals surface area (Å²) in [5.41, 5.74) is 1.15. The Kier molecular flexibility index (Phi) is 5.33. The van der Waals surface area contributed by atoms with E-state index in [1.54, 1.807) is 36.7 Å². The molecule has 2 rings (SSSR count). The number of hydrogen-bond donors (Lipinski definition) is 0. The molecule has 1 aromatic rings. The van der Waals surface area contributed by atoms with Gasteiger partial charge >= 0.3 is 0 Å². The minimum atomic E-state index is -0.236. The van der Waals surface area contributed by atoms with Crippen LogP contribution in [0.3, 0.4) is 0 Å². The molecule has 0 atom stereocenters. The van der Waals surface area contributed by atoms with Gasteiger partial charge in [-0.1, -0.05) is 18.2 Å². The predicted octanol–water partition coefficient (Wildman–Crippen LogP) is 3.49. The van der Waals surface area contributed by atoms with Crippen molar-refractivity contribution < 1.29 is 9.53 Å². The summed E-state index contributed by atoms with van der Waals surface area (Å²) in [5.74, 6) is 2.45. The summed E-state index contributed by atoms with van der Waals surface area (Å²) in [6.45, 7) is 0. The molecule has 3 nitrogen and oxygen atoms in total. The minimum absolute atomic E-state index is 0.236. The molecule has 1 saturated heterocycles. The summed E-state index contributed by atoms with van der Waals surface area (Å²) in [6.07, 6.45) is 3.16. The van der Waals surface area contributed by atoms with E-state index in [9.17, 15) is 4.79 Å². The van der Waals surface area contributed by atoms with Crippen molar-refractivity contribution in [2.45, 2.75) is 0 Å². The second kappa shape index (κ2) is 7.22. The Balaban J connectivity index is 2.11. The molecule has 0 N–H and O–H groups in total. The highest BCUT2D eigenvalue weighted by molar-refractivity contribution is 8.25. The second-order valence-electron chi connectivity index (χ2n) is 3.94. The van der Waals surface area contributed by atoms with Gasteiger partial charge in [0.05, 0.1) is 11.3 Å². The number of hydrogen-bond acceptors (Lipinski definition) is 5. The Bertz CT molecular complexity index is 589. The van der Waals surface area contributed by atoms with Crippen molar-refractivity contribution in [2.75, 3.05) is 18.6 Å². The van der Waals surface area contributed by atoms with Crippen molar-refractivity contribution in [1.82, 2.24) is 0 Å². The van der Waals surface area contributed by atoms with Gasteiger partial charge in [0.1, 0.15) is 17.4 Å². The molecule has 0 aliphatic carbocycles. The van der Waals surface area contributed by atoms with E-state index in [2.05, 4.69) is 0 Å². The Labute approximate surface area is 126 Å². The van der Waals surface area contributed by atoms with E-state index in [0.29, 0.717) is 0 Å². The number of thioether (sulfide) groups is 2. The fourth-order valence-electron chi connectivity index (χ4n) is 1.63. The number of ketones is 1. The summed E-state index contributed by atoms with van der Waals surface area (Å²) < 4.78 is 5.92. The van der Waals surface area contributed by atoms with Crippen LogP contribution in [0.1, 0.15) is 5.56 Å². The quantitative estimate of drug-likeness (QED) is 0.629. The maximum Gasteiger partial charge on any atom is 0.198 e. The zero-order chi connectivity index (χ0) is 14.4. The molecule has 0 unspecified atom stereocenters. The SMILES string of the molecule is COc1ccc(/C=C/C(=O)C(C#N)=C2SCCS2)cc1. The van der Waals surface area contributed by atoms with Crippen LogP contribution in [0.25, 0.3) is 6.08 Å². The largest absolute Gasteiger partial charge is 0.497 e. The molecule has 5 heteroatoms. The summed E-state index contributed by atoms with van der Waals surface area (Å²) in [6, 6.07) is 9.40. The number of ether oxygens (including phenoxy) is 1. The third-order valence-corrected chi connectivity index (χ3v) is 5.37. The first-order chi connectivity index (χ1) is 9.74. The number of rotatable bonds is 4. The first-order valence-corrected chi connectivity index (χ1v) is 7.98. The lowest BCUT2D eigenvalue weighted by molar-refractivity contribution is -0.110. The number of nitrogens with zero attached hydrogens (tertiary/aromatic N) is 1. The summed E-state index contributed by atoms with van der Waals surface area (Å²) in [5, 5.41) is 9.12. The second-order valence-corrected chi connectivity index (χ2v) is 6.41. The maximum absolute atomic E-state index is 12.0. The van der Waals surface area contributed by atoms with Crippen molar-refractivity contribution in [3.63, 3.8) is 0 Å². The molecule has 0 amide bonds. The summed E-state index contributed by atoms with van der Waals surface area (Å²) in [7, 11) is 1.61. The van der Waals surface area contributed by atoms with Crippen LogP contribution in [0.15, 0.2) is 40.2 Å². The first kappa shape index (κ1) is 14.8. The monoisotopic (exact) mass is 303 g/mol. The highest BCUT2D eigenvalue weighted by Gasteiger charge is 2.18. The molecule has 1 heterocycles. The van der Waals surface area contributed by atoms with Crippen LogP contribution >= 0.6 is 23.5 Å². The lowest BCUT2D eigenvalue weighted by atomic mass is 10.1. The normalized spacial score (nSPS) is 14.3. The van der Waals surface area contributed by atoms with Crippen LogP contribution in [-0.4, -0.2) is 24.4 Å². The molecule has 1 aliphatic heterocycles. The van der Waals surface area contributed by atoms with Gasteiger partial charge in [-0.2, -0.15) is 5.26 Å². The average molecular weight is 303 g/mol. The van der Waals surface area contributed by atoms with E-state index in [-0.39, 0.29) is 11.4 Å². The third kappa shape index (κ3) is 3.69. The molecular weight excluding hydrogens is 290 g/mol. The van der Waals surface area contributed by atoms with Crippen molar-refractivity contribution in [3.8, 4) is 11.8 Å². The molecule has 1 aliphatic rings. The lowest BCUT2D eigenvalue weighted by Gasteiger charge is -1.99. The molecule has 0 bridgehead atoms. The molecule has 20 heavy (non-hydrogen) atoms. The molecule has 0 radical (unpaired) electrons. The number of nitriles is 1. The van der Waals surface area contributed by atoms with Gasteiger partial charge in [0.25, 0.3) is 0 Å². The first-order valence-electron chi connectivity index (χ1n) is 6.01. The maximum atomic E-state index is 12.0. The third-order valence-electron chi connectivity index (χ3n) is 2.65. The Morgan fingerprint density at radius 3 is 2.50 bits per heavy atom. The summed E-state index contributed by atoms with van der Waals surface area (Å²) in [4.78, 5) is 12.0. The van der Waals surface area contributed by atoms with Crippen LogP contribution in [0.5, 0.6) is 5.75 Å². The topological polar surface area (TPSA) is 50.1 Å². The molecule has 1 aromatic carbocycles. The molecule has 0 aromatic heterocycles. The summed E-state index contributed by atoms with van der Waals surface area (Å²) >= 11 is 3.16. The van der Waals surface area contributed by atoms with Gasteiger partial charge in [-0.3, -0.25) is 4.79 Å². The average Bonchev–Trinajstić information content (AvgIpc) is 3.00. The highest BCUT2D eigenvalue weighted by atomic mass is 32.2. The number of allylic oxidation sites excluding steroid dienone is 2. The Hall–Kier alpha value is -1.64. The van der Waals surface area contributed by atoms with Gasteiger partial charge in [0, 0.05) is 11.5 Å². The van der Waals surface area contributed by atoms with Crippen LogP contribution in [-0.2, 0) is 4.79 Å². The number of methoxy groups -OCH3 is 1. The smallest absolute Gasteiger partial charge is 0.198 e. The minimum Gasteiger partial charge on any atom is -0.497 e. The van der Waals surface area contributed by atoms with Gasteiger partial charge in [-0.25, -0.2) is 0 Å². The van der Waals surface area contributed by atoms with Gasteiger partial charge in [-0.05, 0) is 23.8 Å². The Morgan fingerprint density at radius 1 is 1.30 bits per heavy atom. The van der Waals surface area contributed by atoms with Crippen LogP contribution in [0.4, 0.5) is 0 Å². The van der Waals surface area contributed by atoms with Crippen LogP contribution in [0, 0.1) is 11.3 Å². The van der Waals surface area contributed by atoms with Crippen molar-refractivity contribution in [3.05, 3.63) is 45.7 Å². The molecule has 0 saturated carbocycles. The van der Waals surface area contributed by atoms with E-state index >= 15 is 0 Å². The van der Waals surface area contributed by atoms with E-state index in [1.165, 1.54) is 6.08 Å². The fourth-order valence-corrected chi connectivity index (χ4v) is 4.08.